The highest BCUT2D eigenvalue weighted by Gasteiger charge is 2.35. The van der Waals surface area contributed by atoms with E-state index in [4.69, 9.17) is 18.9 Å². The van der Waals surface area contributed by atoms with Crippen molar-refractivity contribution in [2.24, 2.45) is 0 Å². The number of amides is 3. The van der Waals surface area contributed by atoms with Gasteiger partial charge in [-0.25, -0.2) is 0 Å². The van der Waals surface area contributed by atoms with Crippen molar-refractivity contribution < 1.29 is 33.3 Å². The van der Waals surface area contributed by atoms with Gasteiger partial charge in [-0.3, -0.25) is 19.3 Å². The molecule has 0 spiro atoms. The average molecular weight is 549 g/mol. The van der Waals surface area contributed by atoms with Crippen LogP contribution in [0.25, 0.3) is 6.08 Å². The number of hydrogen-bond donors (Lipinski definition) is 1. The summed E-state index contributed by atoms with van der Waals surface area (Å²) in [5.41, 5.74) is 2.30. The fourth-order valence-corrected chi connectivity index (χ4v) is 4.63. The zero-order chi connectivity index (χ0) is 27.8. The van der Waals surface area contributed by atoms with Gasteiger partial charge in [0.1, 0.15) is 6.61 Å². The van der Waals surface area contributed by atoms with Gasteiger partial charge in [-0.05, 0) is 66.2 Å². The second-order valence-electron chi connectivity index (χ2n) is 8.39. The number of nitrogens with zero attached hydrogens (tertiary/aromatic N) is 1. The first-order valence-corrected chi connectivity index (χ1v) is 12.9. The fraction of sp³-hybridized carbons (Fsp3) is 0.207. The second kappa shape index (κ2) is 12.9. The second-order valence-corrected chi connectivity index (χ2v) is 9.39. The molecule has 0 aromatic heterocycles. The largest absolute Gasteiger partial charge is 0.493 e. The van der Waals surface area contributed by atoms with Gasteiger partial charge in [0.15, 0.2) is 29.6 Å². The van der Waals surface area contributed by atoms with Crippen molar-refractivity contribution in [1.29, 1.82) is 0 Å². The van der Waals surface area contributed by atoms with E-state index in [1.54, 1.807) is 43.5 Å². The molecule has 0 saturated carbocycles. The predicted molar refractivity (Wildman–Crippen MR) is 149 cm³/mol. The molecule has 0 aliphatic carbocycles. The maximum atomic E-state index is 12.9. The minimum Gasteiger partial charge on any atom is -0.493 e. The van der Waals surface area contributed by atoms with Gasteiger partial charge in [-0.2, -0.15) is 0 Å². The summed E-state index contributed by atoms with van der Waals surface area (Å²) in [4.78, 5) is 39.2. The maximum absolute atomic E-state index is 12.9. The maximum Gasteiger partial charge on any atom is 0.293 e. The molecule has 10 heteroatoms. The number of nitrogens with one attached hydrogen (secondary N) is 1. The van der Waals surface area contributed by atoms with Crippen LogP contribution < -0.4 is 24.3 Å². The minimum atomic E-state index is -0.402. The van der Waals surface area contributed by atoms with Gasteiger partial charge >= 0.3 is 0 Å². The molecular weight excluding hydrogens is 520 g/mol. The third-order valence-electron chi connectivity index (χ3n) is 5.78. The Morgan fingerprint density at radius 1 is 0.897 bits per heavy atom. The number of thioether (sulfide) groups is 1. The van der Waals surface area contributed by atoms with Crippen LogP contribution in [-0.4, -0.2) is 55.9 Å². The number of carbonyl (C=O) groups is 3. The van der Waals surface area contributed by atoms with Gasteiger partial charge in [-0.1, -0.05) is 36.4 Å². The highest BCUT2D eigenvalue weighted by Crippen LogP contribution is 2.35. The van der Waals surface area contributed by atoms with Gasteiger partial charge in [-0.15, -0.1) is 0 Å². The van der Waals surface area contributed by atoms with Gasteiger partial charge in [0.05, 0.1) is 25.7 Å². The van der Waals surface area contributed by atoms with Crippen molar-refractivity contribution in [3.63, 3.8) is 0 Å². The lowest BCUT2D eigenvalue weighted by Crippen LogP contribution is -2.32. The Labute approximate surface area is 230 Å². The SMILES string of the molecule is COc1ccccc1OCCN1C(=O)S/C(=C\c2ccc(OCC(=O)Nc3ccccc3C)c(OC)c2)C1=O. The van der Waals surface area contributed by atoms with Crippen molar-refractivity contribution in [3.05, 3.63) is 82.8 Å². The lowest BCUT2D eigenvalue weighted by molar-refractivity contribution is -0.123. The number of carbonyl (C=O) groups excluding carboxylic acids is 3. The van der Waals surface area contributed by atoms with E-state index in [1.165, 1.54) is 7.11 Å². The molecule has 4 rings (SSSR count). The summed E-state index contributed by atoms with van der Waals surface area (Å²) < 4.78 is 22.0. The van der Waals surface area contributed by atoms with E-state index in [2.05, 4.69) is 5.32 Å². The summed E-state index contributed by atoms with van der Waals surface area (Å²) in [6.45, 7) is 1.92. The Hall–Kier alpha value is -4.44. The van der Waals surface area contributed by atoms with Crippen LogP contribution >= 0.6 is 11.8 Å². The molecule has 0 radical (unpaired) electrons. The fourth-order valence-electron chi connectivity index (χ4n) is 3.77. The number of benzene rings is 3. The summed E-state index contributed by atoms with van der Waals surface area (Å²) in [5.74, 6) is 1.15. The number of imide groups is 1. The number of ether oxygens (including phenoxy) is 4. The Morgan fingerprint density at radius 3 is 2.33 bits per heavy atom. The highest BCUT2D eigenvalue weighted by atomic mass is 32.2. The van der Waals surface area contributed by atoms with E-state index in [1.807, 2.05) is 43.3 Å². The molecule has 1 heterocycles. The molecule has 3 aromatic rings. The first-order valence-electron chi connectivity index (χ1n) is 12.1. The Morgan fingerprint density at radius 2 is 1.59 bits per heavy atom. The average Bonchev–Trinajstić information content (AvgIpc) is 3.21. The minimum absolute atomic E-state index is 0.0979. The van der Waals surface area contributed by atoms with Crippen LogP contribution in [0.2, 0.25) is 0 Å². The smallest absolute Gasteiger partial charge is 0.293 e. The molecule has 202 valence electrons. The molecule has 1 fully saturated rings. The molecule has 0 atom stereocenters. The molecule has 39 heavy (non-hydrogen) atoms. The zero-order valence-corrected chi connectivity index (χ0v) is 22.6. The van der Waals surface area contributed by atoms with Crippen LogP contribution in [-0.2, 0) is 9.59 Å². The normalized spacial score (nSPS) is 13.9. The van der Waals surface area contributed by atoms with Crippen LogP contribution in [0.3, 0.4) is 0 Å². The van der Waals surface area contributed by atoms with E-state index in [9.17, 15) is 14.4 Å². The van der Waals surface area contributed by atoms with Crippen LogP contribution in [0.4, 0.5) is 10.5 Å². The molecule has 1 saturated heterocycles. The topological polar surface area (TPSA) is 103 Å². The number of rotatable bonds is 11. The standard InChI is InChI=1S/C29H28N2O7S/c1-19-8-4-5-9-21(19)30-27(32)18-38-24-13-12-20(16-25(24)36-3)17-26-28(33)31(29(34)39-26)14-15-37-23-11-7-6-10-22(23)35-2/h4-13,16-17H,14-15,18H2,1-3H3,(H,30,32)/b26-17-. The molecule has 9 nitrogen and oxygen atoms in total. The zero-order valence-electron chi connectivity index (χ0n) is 21.8. The molecule has 3 aromatic carbocycles. The molecule has 1 aliphatic rings. The van der Waals surface area contributed by atoms with E-state index < -0.39 is 5.91 Å². The summed E-state index contributed by atoms with van der Waals surface area (Å²) >= 11 is 0.858. The number of aryl methyl sites for hydroxylation is 1. The monoisotopic (exact) mass is 548 g/mol. The predicted octanol–water partition coefficient (Wildman–Crippen LogP) is 5.15. The number of anilines is 1. The molecule has 0 unspecified atom stereocenters. The van der Waals surface area contributed by atoms with E-state index in [0.29, 0.717) is 34.2 Å². The van der Waals surface area contributed by atoms with E-state index >= 15 is 0 Å². The lowest BCUT2D eigenvalue weighted by atomic mass is 10.2. The Kier molecular flexibility index (Phi) is 9.11. The summed E-state index contributed by atoms with van der Waals surface area (Å²) in [6, 6.07) is 19.7. The number of hydrogen-bond acceptors (Lipinski definition) is 8. The third-order valence-corrected chi connectivity index (χ3v) is 6.69. The van der Waals surface area contributed by atoms with E-state index in [-0.39, 0.29) is 35.8 Å². The van der Waals surface area contributed by atoms with Gasteiger partial charge in [0.25, 0.3) is 17.1 Å². The first-order chi connectivity index (χ1) is 18.9. The third kappa shape index (κ3) is 6.91. The molecule has 0 bridgehead atoms. The molecular formula is C29H28N2O7S. The van der Waals surface area contributed by atoms with Gasteiger partial charge in [0, 0.05) is 5.69 Å². The summed E-state index contributed by atoms with van der Waals surface area (Å²) in [5, 5.41) is 2.44. The van der Waals surface area contributed by atoms with Crippen LogP contribution in [0.5, 0.6) is 23.0 Å². The Balaban J connectivity index is 1.36. The van der Waals surface area contributed by atoms with Crippen molar-refractivity contribution in [3.8, 4) is 23.0 Å². The van der Waals surface area contributed by atoms with Crippen molar-refractivity contribution >= 4 is 40.6 Å². The van der Waals surface area contributed by atoms with Crippen LogP contribution in [0, 0.1) is 6.92 Å². The summed E-state index contributed by atoms with van der Waals surface area (Å²) in [7, 11) is 3.02. The molecule has 1 aliphatic heterocycles. The first kappa shape index (κ1) is 27.6. The van der Waals surface area contributed by atoms with Crippen molar-refractivity contribution in [2.45, 2.75) is 6.92 Å². The van der Waals surface area contributed by atoms with Gasteiger partial charge in [0.2, 0.25) is 0 Å². The van der Waals surface area contributed by atoms with Crippen LogP contribution in [0.15, 0.2) is 71.6 Å². The van der Waals surface area contributed by atoms with E-state index in [0.717, 1.165) is 22.2 Å². The lowest BCUT2D eigenvalue weighted by Gasteiger charge is -2.14. The van der Waals surface area contributed by atoms with Crippen molar-refractivity contribution in [2.75, 3.05) is 39.3 Å². The summed E-state index contributed by atoms with van der Waals surface area (Å²) in [6.07, 6.45) is 1.61. The highest BCUT2D eigenvalue weighted by molar-refractivity contribution is 8.18. The molecule has 3 amide bonds. The van der Waals surface area contributed by atoms with Crippen molar-refractivity contribution in [1.82, 2.24) is 4.90 Å². The van der Waals surface area contributed by atoms with Crippen LogP contribution in [0.1, 0.15) is 11.1 Å². The molecule has 1 N–H and O–H groups in total. The number of methoxy groups -OCH3 is 2. The number of para-hydroxylation sites is 3. The van der Waals surface area contributed by atoms with Gasteiger partial charge < -0.3 is 24.3 Å². The Bertz CT molecular complexity index is 1410. The quantitative estimate of drug-likeness (QED) is 0.329.